The summed E-state index contributed by atoms with van der Waals surface area (Å²) < 4.78 is 5.45. The standard InChI is InChI=1S/C13H14ClNO2/c14-7-3-4-8-15-13(16)12-9-10-5-1-2-6-11(10)17-12/h1-2,5-6,9H,3-4,7-8H2,(H,15,16). The van der Waals surface area contributed by atoms with Gasteiger partial charge in [-0.3, -0.25) is 4.79 Å². The molecule has 1 amide bonds. The number of nitrogens with one attached hydrogen (secondary N) is 1. The molecule has 0 atom stereocenters. The summed E-state index contributed by atoms with van der Waals surface area (Å²) in [6.45, 7) is 0.628. The zero-order valence-corrected chi connectivity index (χ0v) is 10.2. The van der Waals surface area contributed by atoms with Gasteiger partial charge < -0.3 is 9.73 Å². The number of unbranched alkanes of at least 4 members (excludes halogenated alkanes) is 1. The largest absolute Gasteiger partial charge is 0.451 e. The number of halogens is 1. The molecule has 0 bridgehead atoms. The maximum absolute atomic E-state index is 11.7. The highest BCUT2D eigenvalue weighted by Crippen LogP contribution is 2.18. The summed E-state index contributed by atoms with van der Waals surface area (Å²) in [6.07, 6.45) is 1.79. The second kappa shape index (κ2) is 5.73. The number of furan rings is 1. The first kappa shape index (κ1) is 12.0. The molecule has 2 rings (SSSR count). The van der Waals surface area contributed by atoms with Crippen LogP contribution in [0.3, 0.4) is 0 Å². The van der Waals surface area contributed by atoms with Crippen molar-refractivity contribution < 1.29 is 9.21 Å². The van der Waals surface area contributed by atoms with Gasteiger partial charge in [0.05, 0.1) is 0 Å². The first-order valence-corrected chi connectivity index (χ1v) is 6.17. The third kappa shape index (κ3) is 3.01. The minimum Gasteiger partial charge on any atom is -0.451 e. The zero-order chi connectivity index (χ0) is 12.1. The molecule has 1 aromatic carbocycles. The summed E-state index contributed by atoms with van der Waals surface area (Å²) in [5.41, 5.74) is 0.735. The molecule has 0 fully saturated rings. The summed E-state index contributed by atoms with van der Waals surface area (Å²) >= 11 is 5.56. The predicted octanol–water partition coefficient (Wildman–Crippen LogP) is 3.18. The lowest BCUT2D eigenvalue weighted by Gasteiger charge is -2.00. The van der Waals surface area contributed by atoms with Gasteiger partial charge in [-0.05, 0) is 25.0 Å². The van der Waals surface area contributed by atoms with Gasteiger partial charge >= 0.3 is 0 Å². The highest BCUT2D eigenvalue weighted by Gasteiger charge is 2.10. The molecule has 0 aliphatic carbocycles. The number of hydrogen-bond donors (Lipinski definition) is 1. The normalized spacial score (nSPS) is 10.6. The first-order chi connectivity index (χ1) is 8.31. The van der Waals surface area contributed by atoms with Crippen molar-refractivity contribution in [2.24, 2.45) is 0 Å². The number of hydrogen-bond acceptors (Lipinski definition) is 2. The molecule has 0 saturated heterocycles. The van der Waals surface area contributed by atoms with Gasteiger partial charge in [0, 0.05) is 17.8 Å². The molecule has 1 N–H and O–H groups in total. The Kier molecular flexibility index (Phi) is 4.04. The van der Waals surface area contributed by atoms with Crippen LogP contribution < -0.4 is 5.32 Å². The average Bonchev–Trinajstić information content (AvgIpc) is 2.78. The second-order valence-corrected chi connectivity index (χ2v) is 4.18. The molecule has 0 aliphatic rings. The summed E-state index contributed by atoms with van der Waals surface area (Å²) in [4.78, 5) is 11.7. The van der Waals surface area contributed by atoms with Crippen LogP contribution in [0.25, 0.3) is 11.0 Å². The van der Waals surface area contributed by atoms with E-state index in [-0.39, 0.29) is 5.91 Å². The molecule has 1 heterocycles. The Balaban J connectivity index is 1.99. The van der Waals surface area contributed by atoms with E-state index in [0.29, 0.717) is 18.2 Å². The van der Waals surface area contributed by atoms with Crippen LogP contribution in [0.5, 0.6) is 0 Å². The number of carbonyl (C=O) groups excluding carboxylic acids is 1. The Morgan fingerprint density at radius 2 is 2.12 bits per heavy atom. The highest BCUT2D eigenvalue weighted by molar-refractivity contribution is 6.17. The third-order valence-corrected chi connectivity index (χ3v) is 2.76. The Hall–Kier alpha value is -1.48. The predicted molar refractivity (Wildman–Crippen MR) is 68.5 cm³/mol. The van der Waals surface area contributed by atoms with Crippen molar-refractivity contribution >= 4 is 28.5 Å². The second-order valence-electron chi connectivity index (χ2n) is 3.80. The van der Waals surface area contributed by atoms with Gasteiger partial charge in [-0.25, -0.2) is 0 Å². The quantitative estimate of drug-likeness (QED) is 0.655. The fourth-order valence-electron chi connectivity index (χ4n) is 1.60. The molecule has 4 heteroatoms. The lowest BCUT2D eigenvalue weighted by atomic mass is 10.2. The minimum atomic E-state index is -0.171. The number of benzene rings is 1. The zero-order valence-electron chi connectivity index (χ0n) is 9.41. The van der Waals surface area contributed by atoms with E-state index in [1.54, 1.807) is 6.07 Å². The smallest absolute Gasteiger partial charge is 0.287 e. The van der Waals surface area contributed by atoms with E-state index in [9.17, 15) is 4.79 Å². The summed E-state index contributed by atoms with van der Waals surface area (Å²) in [5, 5.41) is 3.75. The van der Waals surface area contributed by atoms with Gasteiger partial charge in [0.25, 0.3) is 5.91 Å². The Morgan fingerprint density at radius 1 is 1.29 bits per heavy atom. The molecule has 17 heavy (non-hydrogen) atoms. The lowest BCUT2D eigenvalue weighted by molar-refractivity contribution is 0.0927. The monoisotopic (exact) mass is 251 g/mol. The van der Waals surface area contributed by atoms with Gasteiger partial charge in [-0.15, -0.1) is 11.6 Å². The molecule has 3 nitrogen and oxygen atoms in total. The maximum Gasteiger partial charge on any atom is 0.287 e. The van der Waals surface area contributed by atoms with Crippen molar-refractivity contribution in [3.8, 4) is 0 Å². The minimum absolute atomic E-state index is 0.171. The summed E-state index contributed by atoms with van der Waals surface area (Å²) in [5.74, 6) is 0.813. The first-order valence-electron chi connectivity index (χ1n) is 5.64. The van der Waals surface area contributed by atoms with Crippen LogP contribution in [-0.4, -0.2) is 18.3 Å². The fraction of sp³-hybridized carbons (Fsp3) is 0.308. The van der Waals surface area contributed by atoms with E-state index in [0.717, 1.165) is 23.8 Å². The molecular weight excluding hydrogens is 238 g/mol. The van der Waals surface area contributed by atoms with Crippen molar-refractivity contribution in [1.29, 1.82) is 0 Å². The van der Waals surface area contributed by atoms with Crippen molar-refractivity contribution in [1.82, 2.24) is 5.32 Å². The van der Waals surface area contributed by atoms with Crippen molar-refractivity contribution in [2.75, 3.05) is 12.4 Å². The van der Waals surface area contributed by atoms with Crippen LogP contribution in [0.15, 0.2) is 34.7 Å². The molecule has 0 unspecified atom stereocenters. The number of fused-ring (bicyclic) bond motifs is 1. The van der Waals surface area contributed by atoms with Gasteiger partial charge in [-0.1, -0.05) is 18.2 Å². The molecule has 0 spiro atoms. The van der Waals surface area contributed by atoms with E-state index < -0.39 is 0 Å². The number of amides is 1. The topological polar surface area (TPSA) is 42.2 Å². The van der Waals surface area contributed by atoms with Gasteiger partial charge in [-0.2, -0.15) is 0 Å². The average molecular weight is 252 g/mol. The molecule has 90 valence electrons. The van der Waals surface area contributed by atoms with E-state index in [1.807, 2.05) is 24.3 Å². The molecular formula is C13H14ClNO2. The van der Waals surface area contributed by atoms with Crippen LogP contribution in [0.1, 0.15) is 23.4 Å². The van der Waals surface area contributed by atoms with E-state index in [2.05, 4.69) is 5.32 Å². The fourth-order valence-corrected chi connectivity index (χ4v) is 1.79. The van der Waals surface area contributed by atoms with Crippen LogP contribution >= 0.6 is 11.6 Å². The molecule has 2 aromatic rings. The molecule has 0 saturated carbocycles. The SMILES string of the molecule is O=C(NCCCCCl)c1cc2ccccc2o1. The summed E-state index contributed by atoms with van der Waals surface area (Å²) in [7, 11) is 0. The Labute approximate surface area is 105 Å². The van der Waals surface area contributed by atoms with Crippen LogP contribution in [-0.2, 0) is 0 Å². The number of carbonyl (C=O) groups is 1. The van der Waals surface area contributed by atoms with Crippen LogP contribution in [0.2, 0.25) is 0 Å². The summed E-state index contributed by atoms with van der Waals surface area (Å²) in [6, 6.07) is 9.32. The van der Waals surface area contributed by atoms with Crippen molar-refractivity contribution in [3.05, 3.63) is 36.1 Å². The van der Waals surface area contributed by atoms with E-state index in [4.69, 9.17) is 16.0 Å². The molecule has 0 aliphatic heterocycles. The highest BCUT2D eigenvalue weighted by atomic mass is 35.5. The van der Waals surface area contributed by atoms with Gasteiger partial charge in [0.1, 0.15) is 5.58 Å². The molecule has 1 aromatic heterocycles. The Bertz CT molecular complexity index is 474. The van der Waals surface area contributed by atoms with Gasteiger partial charge in [0.15, 0.2) is 5.76 Å². The lowest BCUT2D eigenvalue weighted by Crippen LogP contribution is -2.23. The maximum atomic E-state index is 11.7. The molecule has 0 radical (unpaired) electrons. The number of rotatable bonds is 5. The Morgan fingerprint density at radius 3 is 2.88 bits per heavy atom. The van der Waals surface area contributed by atoms with Crippen LogP contribution in [0, 0.1) is 0 Å². The van der Waals surface area contributed by atoms with Crippen molar-refractivity contribution in [3.63, 3.8) is 0 Å². The number of alkyl halides is 1. The van der Waals surface area contributed by atoms with Crippen molar-refractivity contribution in [2.45, 2.75) is 12.8 Å². The van der Waals surface area contributed by atoms with E-state index >= 15 is 0 Å². The number of para-hydroxylation sites is 1. The van der Waals surface area contributed by atoms with E-state index in [1.165, 1.54) is 0 Å². The van der Waals surface area contributed by atoms with Crippen LogP contribution in [0.4, 0.5) is 0 Å². The van der Waals surface area contributed by atoms with Gasteiger partial charge in [0.2, 0.25) is 0 Å². The third-order valence-electron chi connectivity index (χ3n) is 2.50.